The highest BCUT2D eigenvalue weighted by Crippen LogP contribution is 2.44. The number of H-pyrrole nitrogens is 1. The summed E-state index contributed by atoms with van der Waals surface area (Å²) in [4.78, 5) is 3.65. The molecule has 24 heavy (non-hydrogen) atoms. The molecule has 0 spiro atoms. The van der Waals surface area contributed by atoms with E-state index in [1.807, 2.05) is 24.3 Å². The van der Waals surface area contributed by atoms with Crippen LogP contribution in [0.4, 0.5) is 8.87 Å². The Morgan fingerprint density at radius 3 is 2.46 bits per heavy atom. The summed E-state index contributed by atoms with van der Waals surface area (Å²) in [6, 6.07) is 14.3. The van der Waals surface area contributed by atoms with E-state index in [0.29, 0.717) is 32.3 Å². The van der Waals surface area contributed by atoms with Crippen molar-refractivity contribution in [3.63, 3.8) is 0 Å². The van der Waals surface area contributed by atoms with Gasteiger partial charge in [0.1, 0.15) is 11.3 Å². The maximum Gasteiger partial charge on any atom is 0.170 e. The molecule has 5 rings (SSSR count). The maximum absolute atomic E-state index is 15.4. The first-order valence-electron chi connectivity index (χ1n) is 7.57. The molecular formula is C19H12F2N2O. The molecule has 0 saturated heterocycles. The van der Waals surface area contributed by atoms with Gasteiger partial charge in [-0.3, -0.25) is 0 Å². The maximum atomic E-state index is 15.4. The Labute approximate surface area is 135 Å². The van der Waals surface area contributed by atoms with Gasteiger partial charge in [0.2, 0.25) is 0 Å². The zero-order valence-electron chi connectivity index (χ0n) is 12.7. The lowest BCUT2D eigenvalue weighted by atomic mass is 10.1. The molecule has 0 fully saturated rings. The second-order valence-electron chi connectivity index (χ2n) is 5.79. The normalized spacial score (nSPS) is 12.0. The van der Waals surface area contributed by atoms with Gasteiger partial charge in [0.05, 0.1) is 23.5 Å². The monoisotopic (exact) mass is 322 g/mol. The van der Waals surface area contributed by atoms with Gasteiger partial charge in [-0.25, -0.2) is 4.39 Å². The van der Waals surface area contributed by atoms with Crippen molar-refractivity contribution in [1.29, 1.82) is 0 Å². The van der Waals surface area contributed by atoms with Crippen molar-refractivity contribution in [2.24, 2.45) is 0 Å². The molecule has 5 aromatic rings. The van der Waals surface area contributed by atoms with E-state index in [9.17, 15) is 4.48 Å². The van der Waals surface area contributed by atoms with E-state index < -0.39 is 5.82 Å². The molecule has 0 atom stereocenters. The molecule has 2 heterocycles. The summed E-state index contributed by atoms with van der Waals surface area (Å²) >= 11 is 0. The molecule has 0 amide bonds. The van der Waals surface area contributed by atoms with E-state index in [-0.39, 0.29) is 10.9 Å². The van der Waals surface area contributed by atoms with Crippen LogP contribution in [0.25, 0.3) is 43.6 Å². The van der Waals surface area contributed by atoms with Gasteiger partial charge in [0.25, 0.3) is 0 Å². The molecule has 0 aliphatic carbocycles. The lowest BCUT2D eigenvalue weighted by molar-refractivity contribution is 0.385. The number of hydrogen-bond acceptors (Lipinski definition) is 1. The number of halogens is 2. The fourth-order valence-corrected chi connectivity index (χ4v) is 3.61. The van der Waals surface area contributed by atoms with Crippen molar-refractivity contribution in [3.8, 4) is 5.75 Å². The van der Waals surface area contributed by atoms with Gasteiger partial charge < -0.3 is 9.72 Å². The number of aromatic amines is 1. The lowest BCUT2D eigenvalue weighted by Gasteiger charge is -2.06. The van der Waals surface area contributed by atoms with Crippen LogP contribution < -0.4 is 4.74 Å². The Hall–Kier alpha value is -3.08. The number of nitrogens with one attached hydrogen (secondary N) is 1. The summed E-state index contributed by atoms with van der Waals surface area (Å²) in [5.74, 6) is -0.137. The molecule has 2 aromatic heterocycles. The van der Waals surface area contributed by atoms with E-state index >= 15 is 4.39 Å². The number of methoxy groups -OCH3 is 1. The first-order valence-corrected chi connectivity index (χ1v) is 7.57. The van der Waals surface area contributed by atoms with Crippen LogP contribution in [0.15, 0.2) is 48.5 Å². The van der Waals surface area contributed by atoms with Crippen molar-refractivity contribution in [3.05, 3.63) is 54.3 Å². The Morgan fingerprint density at radius 2 is 1.67 bits per heavy atom. The number of aromatic nitrogens is 2. The Balaban J connectivity index is 2.19. The fraction of sp³-hybridized carbons (Fsp3) is 0.0526. The third-order valence-electron chi connectivity index (χ3n) is 4.61. The number of ether oxygens (including phenoxy) is 1. The number of rotatable bonds is 1. The molecule has 0 aliphatic rings. The Kier molecular flexibility index (Phi) is 2.49. The highest BCUT2D eigenvalue weighted by molar-refractivity contribution is 6.21. The fourth-order valence-electron chi connectivity index (χ4n) is 3.61. The largest absolute Gasteiger partial charge is 0.492 e. The number of hydrogen-bond donors (Lipinski definition) is 1. The first-order chi connectivity index (χ1) is 11.7. The van der Waals surface area contributed by atoms with Crippen LogP contribution in [0.1, 0.15) is 0 Å². The highest BCUT2D eigenvalue weighted by Gasteiger charge is 2.25. The minimum absolute atomic E-state index is 0.107. The zero-order valence-corrected chi connectivity index (χ0v) is 12.7. The molecule has 0 unspecified atom stereocenters. The van der Waals surface area contributed by atoms with E-state index in [1.54, 1.807) is 24.3 Å². The number of fused-ring (bicyclic) bond motifs is 6. The van der Waals surface area contributed by atoms with Crippen LogP contribution in [-0.2, 0) is 0 Å². The van der Waals surface area contributed by atoms with Crippen LogP contribution in [0.5, 0.6) is 5.75 Å². The molecule has 1 N–H and O–H groups in total. The van der Waals surface area contributed by atoms with E-state index in [4.69, 9.17) is 4.74 Å². The van der Waals surface area contributed by atoms with Crippen LogP contribution >= 0.6 is 0 Å². The Morgan fingerprint density at radius 1 is 0.958 bits per heavy atom. The molecule has 0 bridgehead atoms. The third kappa shape index (κ3) is 1.44. The summed E-state index contributed by atoms with van der Waals surface area (Å²) in [7, 11) is 1.47. The molecule has 118 valence electrons. The SMILES string of the molecule is COc1c2[nH]c3ccccc3c2c(F)c2c3ccccc3n(F)c12. The van der Waals surface area contributed by atoms with Crippen LogP contribution in [0.2, 0.25) is 0 Å². The lowest BCUT2D eigenvalue weighted by Crippen LogP contribution is -1.92. The predicted octanol–water partition coefficient (Wildman–Crippen LogP) is 5.31. The van der Waals surface area contributed by atoms with E-state index in [2.05, 4.69) is 4.98 Å². The van der Waals surface area contributed by atoms with E-state index in [1.165, 1.54) is 7.11 Å². The smallest absolute Gasteiger partial charge is 0.170 e. The minimum Gasteiger partial charge on any atom is -0.492 e. The topological polar surface area (TPSA) is 29.9 Å². The number of benzene rings is 3. The predicted molar refractivity (Wildman–Crippen MR) is 91.8 cm³/mol. The summed E-state index contributed by atoms with van der Waals surface area (Å²) < 4.78 is 35.8. The molecular weight excluding hydrogens is 310 g/mol. The molecule has 0 aliphatic heterocycles. The van der Waals surface area contributed by atoms with Crippen LogP contribution in [-0.4, -0.2) is 16.9 Å². The zero-order chi connectivity index (χ0) is 16.4. The number of nitrogens with zero attached hydrogens (tertiary/aromatic N) is 1. The minimum atomic E-state index is -0.439. The summed E-state index contributed by atoms with van der Waals surface area (Å²) in [6.45, 7) is 0. The van der Waals surface area contributed by atoms with Gasteiger partial charge in [-0.1, -0.05) is 40.9 Å². The van der Waals surface area contributed by atoms with Gasteiger partial charge >= 0.3 is 0 Å². The van der Waals surface area contributed by atoms with Crippen molar-refractivity contribution < 1.29 is 13.6 Å². The standard InChI is InChI=1S/C19H12F2N2O/c1-24-19-17-14(10-6-2-4-8-12(10)22-17)16(20)15-11-7-3-5-9-13(11)23(21)18(15)19/h2-9,22H,1H3. The van der Waals surface area contributed by atoms with E-state index in [0.717, 1.165) is 10.9 Å². The van der Waals surface area contributed by atoms with Gasteiger partial charge in [-0.2, -0.15) is 4.79 Å². The van der Waals surface area contributed by atoms with Crippen LogP contribution in [0, 0.1) is 5.82 Å². The van der Waals surface area contributed by atoms with Gasteiger partial charge in [-0.05, 0) is 12.1 Å². The summed E-state index contributed by atoms with van der Waals surface area (Å²) in [5, 5.41) is 1.94. The second kappa shape index (κ2) is 4.47. The molecule has 3 nitrogen and oxygen atoms in total. The van der Waals surface area contributed by atoms with Gasteiger partial charge in [0.15, 0.2) is 5.75 Å². The molecule has 0 radical (unpaired) electrons. The number of para-hydroxylation sites is 2. The van der Waals surface area contributed by atoms with Crippen molar-refractivity contribution >= 4 is 43.6 Å². The van der Waals surface area contributed by atoms with Gasteiger partial charge in [0, 0.05) is 21.7 Å². The average Bonchev–Trinajstić information content (AvgIpc) is 3.13. The summed E-state index contributed by atoms with van der Waals surface area (Å²) in [5.41, 5.74) is 1.68. The van der Waals surface area contributed by atoms with Crippen molar-refractivity contribution in [2.75, 3.05) is 7.11 Å². The average molecular weight is 322 g/mol. The Bertz CT molecular complexity index is 1270. The quantitative estimate of drug-likeness (QED) is 0.445. The van der Waals surface area contributed by atoms with Crippen molar-refractivity contribution in [2.45, 2.75) is 0 Å². The first kappa shape index (κ1) is 13.4. The second-order valence-corrected chi connectivity index (χ2v) is 5.79. The molecule has 0 saturated carbocycles. The molecule has 5 heteroatoms. The third-order valence-corrected chi connectivity index (χ3v) is 4.61. The van der Waals surface area contributed by atoms with Crippen molar-refractivity contribution in [1.82, 2.24) is 9.77 Å². The van der Waals surface area contributed by atoms with Crippen LogP contribution in [0.3, 0.4) is 0 Å². The highest BCUT2D eigenvalue weighted by atomic mass is 19.2. The summed E-state index contributed by atoms with van der Waals surface area (Å²) in [6.07, 6.45) is 0. The molecule has 3 aromatic carbocycles. The van der Waals surface area contributed by atoms with Gasteiger partial charge in [-0.15, -0.1) is 0 Å².